The summed E-state index contributed by atoms with van der Waals surface area (Å²) in [6.45, 7) is 8.12. The maximum Gasteiger partial charge on any atom is 0.238 e. The average Bonchev–Trinajstić information content (AvgIpc) is 2.33. The van der Waals surface area contributed by atoms with Gasteiger partial charge in [-0.05, 0) is 58.0 Å². The molecule has 0 saturated carbocycles. The maximum absolute atomic E-state index is 11.9. The standard InChI is InChI=1S/C15H24N2O2/c1-11-6-7-13(8-12(11)2)16-14(19)9-17(5)15(3,4)10-18/h6-8,18H,9-10H2,1-5H3,(H,16,19). The number of nitrogens with zero attached hydrogens (tertiary/aromatic N) is 1. The summed E-state index contributed by atoms with van der Waals surface area (Å²) in [5.74, 6) is -0.0766. The van der Waals surface area contributed by atoms with Gasteiger partial charge in [-0.2, -0.15) is 0 Å². The normalized spacial score (nSPS) is 11.7. The molecule has 4 nitrogen and oxygen atoms in total. The summed E-state index contributed by atoms with van der Waals surface area (Å²) in [6.07, 6.45) is 0. The summed E-state index contributed by atoms with van der Waals surface area (Å²) in [5, 5.41) is 12.1. The molecule has 106 valence electrons. The van der Waals surface area contributed by atoms with Crippen molar-refractivity contribution < 1.29 is 9.90 Å². The van der Waals surface area contributed by atoms with Crippen LogP contribution in [0.1, 0.15) is 25.0 Å². The van der Waals surface area contributed by atoms with E-state index in [4.69, 9.17) is 0 Å². The summed E-state index contributed by atoms with van der Waals surface area (Å²) in [6, 6.07) is 5.86. The number of likely N-dealkylation sites (N-methyl/N-ethyl adjacent to an activating group) is 1. The van der Waals surface area contributed by atoms with Crippen LogP contribution in [0.2, 0.25) is 0 Å². The van der Waals surface area contributed by atoms with Crippen molar-refractivity contribution in [3.05, 3.63) is 29.3 Å². The number of nitrogens with one attached hydrogen (secondary N) is 1. The molecule has 0 saturated heterocycles. The lowest BCUT2D eigenvalue weighted by Crippen LogP contribution is -2.47. The van der Waals surface area contributed by atoms with Gasteiger partial charge in [-0.3, -0.25) is 9.69 Å². The Balaban J connectivity index is 2.63. The Kier molecular flexibility index (Phi) is 5.09. The minimum atomic E-state index is -0.402. The van der Waals surface area contributed by atoms with Crippen LogP contribution in [0.4, 0.5) is 5.69 Å². The highest BCUT2D eigenvalue weighted by Gasteiger charge is 2.24. The van der Waals surface area contributed by atoms with Crippen LogP contribution in [0.5, 0.6) is 0 Å². The number of anilines is 1. The van der Waals surface area contributed by atoms with Crippen LogP contribution in [-0.2, 0) is 4.79 Å². The van der Waals surface area contributed by atoms with Crippen LogP contribution >= 0.6 is 0 Å². The molecule has 0 aliphatic rings. The van der Waals surface area contributed by atoms with E-state index in [9.17, 15) is 9.90 Å². The number of hydrogen-bond donors (Lipinski definition) is 2. The monoisotopic (exact) mass is 264 g/mol. The van der Waals surface area contributed by atoms with Crippen molar-refractivity contribution >= 4 is 11.6 Å². The van der Waals surface area contributed by atoms with E-state index in [1.165, 1.54) is 5.56 Å². The summed E-state index contributed by atoms with van der Waals surface area (Å²) in [5.41, 5.74) is 2.77. The molecule has 0 aromatic heterocycles. The number of aliphatic hydroxyl groups excluding tert-OH is 1. The van der Waals surface area contributed by atoms with Gasteiger partial charge in [0.2, 0.25) is 5.91 Å². The van der Waals surface area contributed by atoms with E-state index in [1.54, 1.807) is 0 Å². The number of carbonyl (C=O) groups excluding carboxylic acids is 1. The van der Waals surface area contributed by atoms with Gasteiger partial charge in [0.1, 0.15) is 0 Å². The van der Waals surface area contributed by atoms with Crippen LogP contribution in [0, 0.1) is 13.8 Å². The van der Waals surface area contributed by atoms with E-state index in [1.807, 2.05) is 57.8 Å². The Morgan fingerprint density at radius 3 is 2.47 bits per heavy atom. The number of carbonyl (C=O) groups is 1. The van der Waals surface area contributed by atoms with E-state index in [0.717, 1.165) is 11.3 Å². The first-order valence-corrected chi connectivity index (χ1v) is 6.45. The Labute approximate surface area is 115 Å². The van der Waals surface area contributed by atoms with Crippen LogP contribution in [0.15, 0.2) is 18.2 Å². The maximum atomic E-state index is 11.9. The zero-order valence-corrected chi connectivity index (χ0v) is 12.4. The van der Waals surface area contributed by atoms with Crippen molar-refractivity contribution in [1.82, 2.24) is 4.90 Å². The Hall–Kier alpha value is -1.39. The van der Waals surface area contributed by atoms with Gasteiger partial charge in [0.25, 0.3) is 0 Å². The third-order valence-electron chi connectivity index (χ3n) is 3.59. The molecular formula is C15H24N2O2. The lowest BCUT2D eigenvalue weighted by atomic mass is 10.1. The smallest absolute Gasteiger partial charge is 0.238 e. The van der Waals surface area contributed by atoms with Crippen molar-refractivity contribution in [2.24, 2.45) is 0 Å². The predicted molar refractivity (Wildman–Crippen MR) is 78.3 cm³/mol. The Morgan fingerprint density at radius 2 is 1.95 bits per heavy atom. The topological polar surface area (TPSA) is 52.6 Å². The molecule has 0 aliphatic carbocycles. The fourth-order valence-electron chi connectivity index (χ4n) is 1.57. The molecule has 0 atom stereocenters. The fourth-order valence-corrected chi connectivity index (χ4v) is 1.57. The summed E-state index contributed by atoms with van der Waals surface area (Å²) < 4.78 is 0. The zero-order chi connectivity index (χ0) is 14.6. The number of hydrogen-bond acceptors (Lipinski definition) is 3. The first-order valence-electron chi connectivity index (χ1n) is 6.45. The summed E-state index contributed by atoms with van der Waals surface area (Å²) >= 11 is 0. The van der Waals surface area contributed by atoms with Gasteiger partial charge in [-0.1, -0.05) is 6.07 Å². The molecular weight excluding hydrogens is 240 g/mol. The minimum absolute atomic E-state index is 0.0143. The fraction of sp³-hybridized carbons (Fsp3) is 0.533. The van der Waals surface area contributed by atoms with Gasteiger partial charge in [0.05, 0.1) is 13.2 Å². The first kappa shape index (κ1) is 15.7. The molecule has 0 heterocycles. The molecule has 1 aromatic rings. The molecule has 4 heteroatoms. The second kappa shape index (κ2) is 6.17. The second-order valence-corrected chi connectivity index (χ2v) is 5.67. The van der Waals surface area contributed by atoms with Crippen molar-refractivity contribution in [2.75, 3.05) is 25.5 Å². The minimum Gasteiger partial charge on any atom is -0.394 e. The molecule has 1 aromatic carbocycles. The number of aliphatic hydroxyl groups is 1. The molecule has 2 N–H and O–H groups in total. The molecule has 1 rings (SSSR count). The number of aryl methyl sites for hydroxylation is 2. The number of benzene rings is 1. The SMILES string of the molecule is Cc1ccc(NC(=O)CN(C)C(C)(C)CO)cc1C. The third-order valence-corrected chi connectivity index (χ3v) is 3.59. The molecule has 0 unspecified atom stereocenters. The van der Waals surface area contributed by atoms with Crippen LogP contribution in [-0.4, -0.2) is 41.7 Å². The molecule has 1 amide bonds. The number of amides is 1. The molecule has 0 fully saturated rings. The van der Waals surface area contributed by atoms with Crippen molar-refractivity contribution in [1.29, 1.82) is 0 Å². The number of rotatable bonds is 5. The van der Waals surface area contributed by atoms with Gasteiger partial charge in [-0.15, -0.1) is 0 Å². The Bertz CT molecular complexity index is 455. The van der Waals surface area contributed by atoms with Crippen LogP contribution < -0.4 is 5.32 Å². The van der Waals surface area contributed by atoms with Crippen molar-refractivity contribution in [2.45, 2.75) is 33.2 Å². The molecule has 19 heavy (non-hydrogen) atoms. The molecule has 0 aliphatic heterocycles. The highest BCUT2D eigenvalue weighted by molar-refractivity contribution is 5.92. The third kappa shape index (κ3) is 4.33. The quantitative estimate of drug-likeness (QED) is 0.854. The first-order chi connectivity index (χ1) is 8.76. The van der Waals surface area contributed by atoms with E-state index in [0.29, 0.717) is 0 Å². The van der Waals surface area contributed by atoms with E-state index in [-0.39, 0.29) is 19.1 Å². The van der Waals surface area contributed by atoms with Gasteiger partial charge >= 0.3 is 0 Å². The largest absolute Gasteiger partial charge is 0.394 e. The lowest BCUT2D eigenvalue weighted by Gasteiger charge is -2.33. The van der Waals surface area contributed by atoms with Gasteiger partial charge in [0, 0.05) is 11.2 Å². The molecule has 0 spiro atoms. The summed E-state index contributed by atoms with van der Waals surface area (Å²) in [4.78, 5) is 13.8. The zero-order valence-electron chi connectivity index (χ0n) is 12.4. The van der Waals surface area contributed by atoms with Gasteiger partial charge in [0.15, 0.2) is 0 Å². The lowest BCUT2D eigenvalue weighted by molar-refractivity contribution is -0.118. The molecule has 0 radical (unpaired) electrons. The van der Waals surface area contributed by atoms with Crippen LogP contribution in [0.3, 0.4) is 0 Å². The van der Waals surface area contributed by atoms with Crippen molar-refractivity contribution in [3.8, 4) is 0 Å². The highest BCUT2D eigenvalue weighted by Crippen LogP contribution is 2.15. The Morgan fingerprint density at radius 1 is 1.32 bits per heavy atom. The van der Waals surface area contributed by atoms with Gasteiger partial charge < -0.3 is 10.4 Å². The second-order valence-electron chi connectivity index (χ2n) is 5.67. The summed E-state index contributed by atoms with van der Waals surface area (Å²) in [7, 11) is 1.83. The van der Waals surface area contributed by atoms with Crippen LogP contribution in [0.25, 0.3) is 0 Å². The van der Waals surface area contributed by atoms with E-state index < -0.39 is 5.54 Å². The average molecular weight is 264 g/mol. The predicted octanol–water partition coefficient (Wildman–Crippen LogP) is 1.94. The van der Waals surface area contributed by atoms with E-state index in [2.05, 4.69) is 5.32 Å². The highest BCUT2D eigenvalue weighted by atomic mass is 16.3. The molecule has 0 bridgehead atoms. The van der Waals surface area contributed by atoms with Crippen molar-refractivity contribution in [3.63, 3.8) is 0 Å². The van der Waals surface area contributed by atoms with Gasteiger partial charge in [-0.25, -0.2) is 0 Å². The van der Waals surface area contributed by atoms with E-state index >= 15 is 0 Å².